The van der Waals surface area contributed by atoms with Crippen LogP contribution >= 0.6 is 0 Å². The van der Waals surface area contributed by atoms with Crippen molar-refractivity contribution in [3.8, 4) is 17.0 Å². The average Bonchev–Trinajstić information content (AvgIpc) is 3.46. The van der Waals surface area contributed by atoms with Gasteiger partial charge >= 0.3 is 0 Å². The van der Waals surface area contributed by atoms with Crippen molar-refractivity contribution in [2.75, 3.05) is 11.9 Å². The van der Waals surface area contributed by atoms with E-state index in [1.165, 1.54) is 11.9 Å². The number of halogens is 4. The topological polar surface area (TPSA) is 66.3 Å². The van der Waals surface area contributed by atoms with Crippen LogP contribution in [0.2, 0.25) is 0 Å². The van der Waals surface area contributed by atoms with Gasteiger partial charge in [0.1, 0.15) is 5.75 Å². The molecule has 9 heteroatoms. The Kier molecular flexibility index (Phi) is 8.57. The molecule has 1 N–H and O–H groups in total. The van der Waals surface area contributed by atoms with Gasteiger partial charge in [-0.2, -0.15) is 0 Å². The molecule has 5 rings (SSSR count). The predicted octanol–water partition coefficient (Wildman–Crippen LogP) is 6.78. The van der Waals surface area contributed by atoms with Crippen LogP contribution in [-0.4, -0.2) is 28.0 Å². The van der Waals surface area contributed by atoms with Gasteiger partial charge in [0.15, 0.2) is 29.1 Å². The summed E-state index contributed by atoms with van der Waals surface area (Å²) in [7, 11) is 1.48. The number of hydrogen-bond donors (Lipinski definition) is 1. The molecule has 1 fully saturated rings. The van der Waals surface area contributed by atoms with Gasteiger partial charge in [-0.05, 0) is 61.4 Å². The highest BCUT2D eigenvalue weighted by Gasteiger charge is 2.29. The minimum absolute atomic E-state index is 0.180. The Morgan fingerprint density at radius 1 is 1.00 bits per heavy atom. The quantitative estimate of drug-likeness (QED) is 0.219. The third-order valence-electron chi connectivity index (χ3n) is 7.60. The molecule has 1 aromatic heterocycles. The summed E-state index contributed by atoms with van der Waals surface area (Å²) in [6, 6.07) is 5.14. The number of likely N-dealkylation sites (N-methyl/N-ethyl adjacent to an activating group) is 1. The van der Waals surface area contributed by atoms with Crippen molar-refractivity contribution in [1.82, 2.24) is 9.97 Å². The highest BCUT2D eigenvalue weighted by Crippen LogP contribution is 2.37. The number of fused-ring (bicyclic) bond motifs is 3. The van der Waals surface area contributed by atoms with E-state index < -0.39 is 46.7 Å². The SMILES string of the molecule is CC.Cc1c(F)c(F)c(F)c(F)c1CC(=O)N(C)c1nc2c(nc1CC1CCCC1)-c1ccc(O)cc1CC2. The van der Waals surface area contributed by atoms with Crippen LogP contribution in [0.4, 0.5) is 23.4 Å². The summed E-state index contributed by atoms with van der Waals surface area (Å²) in [5.74, 6) is -6.65. The number of rotatable bonds is 5. The molecule has 3 aromatic rings. The highest BCUT2D eigenvalue weighted by molar-refractivity contribution is 5.94. The van der Waals surface area contributed by atoms with E-state index in [0.717, 1.165) is 43.7 Å². The first-order valence-corrected chi connectivity index (χ1v) is 13.5. The maximum Gasteiger partial charge on any atom is 0.232 e. The van der Waals surface area contributed by atoms with Crippen molar-refractivity contribution in [1.29, 1.82) is 0 Å². The molecule has 0 aliphatic heterocycles. The minimum atomic E-state index is -1.94. The summed E-state index contributed by atoms with van der Waals surface area (Å²) in [6.07, 6.45) is 5.46. The van der Waals surface area contributed by atoms with Gasteiger partial charge in [0.05, 0.1) is 23.5 Å². The molecule has 5 nitrogen and oxygen atoms in total. The Labute approximate surface area is 225 Å². The van der Waals surface area contributed by atoms with Crippen molar-refractivity contribution in [3.05, 3.63) is 69.5 Å². The van der Waals surface area contributed by atoms with Crippen molar-refractivity contribution >= 4 is 11.7 Å². The molecule has 1 saturated carbocycles. The standard InChI is InChI=1S/C28H27F4N3O2.C2H6/c1-14-19(24(30)26(32)25(31)23(14)29)13-22(37)35(2)28-21(11-15-5-3-4-6-15)33-27-18-9-8-17(36)12-16(18)7-10-20(27)34-28;1-2/h8-9,12,15,36H,3-7,10-11,13H2,1-2H3;1-2H3. The van der Waals surface area contributed by atoms with Gasteiger partial charge in [0, 0.05) is 18.2 Å². The highest BCUT2D eigenvalue weighted by atomic mass is 19.2. The van der Waals surface area contributed by atoms with E-state index in [9.17, 15) is 27.5 Å². The summed E-state index contributed by atoms with van der Waals surface area (Å²) < 4.78 is 56.1. The number of amides is 1. The van der Waals surface area contributed by atoms with Crippen LogP contribution in [0.5, 0.6) is 5.75 Å². The van der Waals surface area contributed by atoms with Crippen LogP contribution in [-0.2, 0) is 30.5 Å². The lowest BCUT2D eigenvalue weighted by molar-refractivity contribution is -0.117. The lowest BCUT2D eigenvalue weighted by Gasteiger charge is -2.25. The van der Waals surface area contributed by atoms with Gasteiger partial charge in [-0.15, -0.1) is 0 Å². The number of benzene rings is 2. The molecule has 0 atom stereocenters. The van der Waals surface area contributed by atoms with E-state index in [0.29, 0.717) is 48.1 Å². The smallest absolute Gasteiger partial charge is 0.232 e. The third-order valence-corrected chi connectivity index (χ3v) is 7.60. The molecule has 1 amide bonds. The fourth-order valence-corrected chi connectivity index (χ4v) is 5.43. The molecule has 39 heavy (non-hydrogen) atoms. The molecule has 0 unspecified atom stereocenters. The molecule has 2 aliphatic rings. The van der Waals surface area contributed by atoms with Crippen LogP contribution in [0.3, 0.4) is 0 Å². The molecule has 0 spiro atoms. The molecule has 208 valence electrons. The number of nitrogens with zero attached hydrogens (tertiary/aromatic N) is 3. The summed E-state index contributed by atoms with van der Waals surface area (Å²) in [5, 5.41) is 9.89. The molecule has 0 radical (unpaired) electrons. The summed E-state index contributed by atoms with van der Waals surface area (Å²) in [6.45, 7) is 5.11. The van der Waals surface area contributed by atoms with Crippen molar-refractivity contribution < 1.29 is 27.5 Å². The Bertz CT molecular complexity index is 1370. The third kappa shape index (κ3) is 5.49. The van der Waals surface area contributed by atoms with Gasteiger partial charge < -0.3 is 5.11 Å². The number of carbonyl (C=O) groups is 1. The Morgan fingerprint density at radius 2 is 1.67 bits per heavy atom. The second-order valence-electron chi connectivity index (χ2n) is 9.97. The molecular weight excluding hydrogens is 510 g/mol. The Balaban J connectivity index is 0.00000172. The maximum atomic E-state index is 14.5. The van der Waals surface area contributed by atoms with Crippen molar-refractivity contribution in [3.63, 3.8) is 0 Å². The fourth-order valence-electron chi connectivity index (χ4n) is 5.43. The zero-order valence-corrected chi connectivity index (χ0v) is 22.7. The van der Waals surface area contributed by atoms with Crippen LogP contribution in [0.15, 0.2) is 18.2 Å². The fraction of sp³-hybridized carbons (Fsp3) is 0.433. The summed E-state index contributed by atoms with van der Waals surface area (Å²) >= 11 is 0. The number of aromatic nitrogens is 2. The normalized spacial score (nSPS) is 14.4. The number of carbonyl (C=O) groups excluding carboxylic acids is 1. The zero-order valence-electron chi connectivity index (χ0n) is 22.7. The molecule has 0 bridgehead atoms. The summed E-state index contributed by atoms with van der Waals surface area (Å²) in [5.41, 5.74) is 2.92. The molecule has 2 aromatic carbocycles. The number of phenolic OH excluding ortho intramolecular Hbond substituents is 1. The molecular formula is C30H33F4N3O2. The number of phenols is 1. The molecule has 2 aliphatic carbocycles. The van der Waals surface area contributed by atoms with Crippen molar-refractivity contribution in [2.24, 2.45) is 5.92 Å². The number of anilines is 1. The van der Waals surface area contributed by atoms with Crippen LogP contribution in [0, 0.1) is 36.1 Å². The Morgan fingerprint density at radius 3 is 2.36 bits per heavy atom. The largest absolute Gasteiger partial charge is 0.508 e. The minimum Gasteiger partial charge on any atom is -0.508 e. The van der Waals surface area contributed by atoms with Gasteiger partial charge in [-0.25, -0.2) is 27.5 Å². The van der Waals surface area contributed by atoms with Gasteiger partial charge in [-0.1, -0.05) is 39.5 Å². The number of aryl methyl sites for hydroxylation is 2. The predicted molar refractivity (Wildman–Crippen MR) is 142 cm³/mol. The lowest BCUT2D eigenvalue weighted by atomic mass is 9.91. The number of hydrogen-bond acceptors (Lipinski definition) is 4. The van der Waals surface area contributed by atoms with Crippen LogP contribution < -0.4 is 4.90 Å². The lowest BCUT2D eigenvalue weighted by Crippen LogP contribution is -2.32. The first-order valence-electron chi connectivity index (χ1n) is 13.5. The van der Waals surface area contributed by atoms with E-state index in [1.807, 2.05) is 19.9 Å². The monoisotopic (exact) mass is 543 g/mol. The molecule has 0 saturated heterocycles. The van der Waals surface area contributed by atoms with E-state index in [4.69, 9.17) is 9.97 Å². The number of aromatic hydroxyl groups is 1. The zero-order chi connectivity index (χ0) is 28.4. The second-order valence-corrected chi connectivity index (χ2v) is 9.97. The van der Waals surface area contributed by atoms with Crippen LogP contribution in [0.1, 0.15) is 67.6 Å². The first kappa shape index (κ1) is 28.5. The van der Waals surface area contributed by atoms with Gasteiger partial charge in [0.2, 0.25) is 5.91 Å². The average molecular weight is 544 g/mol. The van der Waals surface area contributed by atoms with Crippen LogP contribution in [0.25, 0.3) is 11.3 Å². The maximum absolute atomic E-state index is 14.5. The molecule has 1 heterocycles. The second kappa shape index (κ2) is 11.7. The Hall–Kier alpha value is -3.49. The first-order chi connectivity index (χ1) is 18.7. The van der Waals surface area contributed by atoms with E-state index in [2.05, 4.69) is 0 Å². The summed E-state index contributed by atoms with van der Waals surface area (Å²) in [4.78, 5) is 24.3. The van der Waals surface area contributed by atoms with Gasteiger partial charge in [-0.3, -0.25) is 9.69 Å². The van der Waals surface area contributed by atoms with Gasteiger partial charge in [0.25, 0.3) is 0 Å². The van der Waals surface area contributed by atoms with E-state index >= 15 is 0 Å². The van der Waals surface area contributed by atoms with E-state index in [-0.39, 0.29) is 5.75 Å². The van der Waals surface area contributed by atoms with E-state index in [1.54, 1.807) is 12.1 Å². The van der Waals surface area contributed by atoms with Crippen molar-refractivity contribution in [2.45, 2.75) is 72.1 Å².